The van der Waals surface area contributed by atoms with Gasteiger partial charge in [-0.1, -0.05) is 47.5 Å². The van der Waals surface area contributed by atoms with Crippen molar-refractivity contribution in [3.63, 3.8) is 0 Å². The Bertz CT molecular complexity index is 189. The summed E-state index contributed by atoms with van der Waals surface area (Å²) in [5, 5.41) is -0.198. The summed E-state index contributed by atoms with van der Waals surface area (Å²) in [4.78, 5) is 11.3. The van der Waals surface area contributed by atoms with Crippen LogP contribution in [-0.2, 0) is 4.79 Å². The zero-order valence-corrected chi connectivity index (χ0v) is 9.52. The molecule has 0 aromatic carbocycles. The van der Waals surface area contributed by atoms with E-state index in [0.29, 0.717) is 12.2 Å². The molecule has 0 aliphatic carbocycles. The Kier molecular flexibility index (Phi) is 5.30. The highest BCUT2D eigenvalue weighted by Crippen LogP contribution is 2.33. The van der Waals surface area contributed by atoms with E-state index < -0.39 is 4.33 Å². The summed E-state index contributed by atoms with van der Waals surface area (Å²) in [6.45, 7) is 7.33. The van der Waals surface area contributed by atoms with Gasteiger partial charge in [-0.15, -0.1) is 6.58 Å². The highest BCUT2D eigenvalue weighted by molar-refractivity contribution is 8.14. The van der Waals surface area contributed by atoms with E-state index in [1.54, 1.807) is 6.92 Å². The van der Waals surface area contributed by atoms with Gasteiger partial charge in [0.25, 0.3) is 0 Å². The number of carbonyl (C=O) groups is 1. The van der Waals surface area contributed by atoms with Crippen molar-refractivity contribution < 1.29 is 4.79 Å². The van der Waals surface area contributed by atoms with Crippen molar-refractivity contribution in [2.75, 3.05) is 5.75 Å². The van der Waals surface area contributed by atoms with Crippen LogP contribution >= 0.6 is 35.0 Å². The van der Waals surface area contributed by atoms with Crippen LogP contribution in [-0.4, -0.2) is 15.2 Å². The number of hydrogen-bond acceptors (Lipinski definition) is 2. The fourth-order valence-electron chi connectivity index (χ4n) is 0.688. The number of rotatable bonds is 4. The van der Waals surface area contributed by atoms with Gasteiger partial charge >= 0.3 is 0 Å². The maximum atomic E-state index is 11.3. The van der Waals surface area contributed by atoms with Crippen molar-refractivity contribution in [3.05, 3.63) is 12.2 Å². The largest absolute Gasteiger partial charge is 0.284 e. The number of carbonyl (C=O) groups excluding carboxylic acids is 1. The monoisotopic (exact) mass is 226 g/mol. The number of thioether (sulfide) groups is 1. The summed E-state index contributed by atoms with van der Waals surface area (Å²) >= 11 is 12.7. The molecule has 0 bridgehead atoms. The minimum absolute atomic E-state index is 0.198. The van der Waals surface area contributed by atoms with Crippen LogP contribution in [0, 0.1) is 0 Å². The molecule has 0 saturated carbocycles. The molecule has 0 aromatic rings. The van der Waals surface area contributed by atoms with Crippen LogP contribution in [0.5, 0.6) is 0 Å². The molecule has 0 aliphatic heterocycles. The first-order valence-corrected chi connectivity index (χ1v) is 5.33. The second-order valence-electron chi connectivity index (χ2n) is 2.56. The minimum atomic E-state index is -1.30. The predicted octanol–water partition coefficient (Wildman–Crippen LogP) is 3.41. The Morgan fingerprint density at radius 3 is 2.42 bits per heavy atom. The lowest BCUT2D eigenvalue weighted by Gasteiger charge is -2.16. The molecule has 0 atom stereocenters. The third-order valence-corrected chi connectivity index (χ3v) is 2.83. The van der Waals surface area contributed by atoms with Gasteiger partial charge in [0.2, 0.25) is 5.12 Å². The van der Waals surface area contributed by atoms with Crippen molar-refractivity contribution in [1.82, 2.24) is 0 Å². The first-order chi connectivity index (χ1) is 5.40. The van der Waals surface area contributed by atoms with E-state index in [-0.39, 0.29) is 5.12 Å². The summed E-state index contributed by atoms with van der Waals surface area (Å²) in [7, 11) is 0. The highest BCUT2D eigenvalue weighted by Gasteiger charge is 2.33. The molecule has 0 spiro atoms. The van der Waals surface area contributed by atoms with Gasteiger partial charge in [0.05, 0.1) is 0 Å². The molecule has 0 aliphatic rings. The van der Waals surface area contributed by atoms with Crippen molar-refractivity contribution in [3.8, 4) is 0 Å². The van der Waals surface area contributed by atoms with Crippen molar-refractivity contribution in [1.29, 1.82) is 0 Å². The summed E-state index contributed by atoms with van der Waals surface area (Å²) in [6.07, 6.45) is 0.321. The van der Waals surface area contributed by atoms with Crippen LogP contribution in [0.2, 0.25) is 0 Å². The molecule has 1 nitrogen and oxygen atoms in total. The minimum Gasteiger partial charge on any atom is -0.284 e. The lowest BCUT2D eigenvalue weighted by atomic mass is 10.2. The first-order valence-electron chi connectivity index (χ1n) is 3.59. The highest BCUT2D eigenvalue weighted by atomic mass is 35.5. The summed E-state index contributed by atoms with van der Waals surface area (Å²) in [6, 6.07) is 0. The Labute approximate surface area is 87.5 Å². The van der Waals surface area contributed by atoms with Crippen molar-refractivity contribution in [2.24, 2.45) is 0 Å². The Morgan fingerprint density at radius 2 is 2.08 bits per heavy atom. The molecule has 4 heteroatoms. The van der Waals surface area contributed by atoms with Crippen LogP contribution in [0.15, 0.2) is 12.2 Å². The Morgan fingerprint density at radius 1 is 1.58 bits per heavy atom. The molecular formula is C8H12Cl2OS. The maximum absolute atomic E-state index is 11.3. The molecule has 0 radical (unpaired) electrons. The number of allylic oxidation sites excluding steroid dienone is 1. The van der Waals surface area contributed by atoms with E-state index in [0.717, 1.165) is 17.3 Å². The standard InChI is InChI=1S/C8H12Cl2OS/c1-4-12-7(11)8(9,10)5-6(2)3/h2,4-5H2,1,3H3. The van der Waals surface area contributed by atoms with Crippen LogP contribution in [0.3, 0.4) is 0 Å². The Hall–Kier alpha value is 0.340. The lowest BCUT2D eigenvalue weighted by Crippen LogP contribution is -2.23. The lowest BCUT2D eigenvalue weighted by molar-refractivity contribution is -0.111. The van der Waals surface area contributed by atoms with Gasteiger partial charge in [-0.05, 0) is 12.7 Å². The van der Waals surface area contributed by atoms with Gasteiger partial charge in [0.1, 0.15) is 0 Å². The Balaban J connectivity index is 4.18. The first kappa shape index (κ1) is 12.3. The molecule has 0 fully saturated rings. The van der Waals surface area contributed by atoms with E-state index in [1.165, 1.54) is 0 Å². The van der Waals surface area contributed by atoms with Gasteiger partial charge in [-0.25, -0.2) is 0 Å². The zero-order valence-electron chi connectivity index (χ0n) is 7.19. The quantitative estimate of drug-likeness (QED) is 0.540. The van der Waals surface area contributed by atoms with E-state index >= 15 is 0 Å². The van der Waals surface area contributed by atoms with Crippen molar-refractivity contribution >= 4 is 40.1 Å². The van der Waals surface area contributed by atoms with Crippen molar-refractivity contribution in [2.45, 2.75) is 24.6 Å². The SMILES string of the molecule is C=C(C)CC(Cl)(Cl)C(=O)SCC. The third kappa shape index (κ3) is 4.39. The summed E-state index contributed by atoms with van der Waals surface area (Å²) < 4.78 is -1.30. The normalized spacial score (nSPS) is 11.3. The predicted molar refractivity (Wildman–Crippen MR) is 57.0 cm³/mol. The molecular weight excluding hydrogens is 215 g/mol. The molecule has 0 N–H and O–H groups in total. The van der Waals surface area contributed by atoms with Gasteiger partial charge in [0, 0.05) is 6.42 Å². The molecule has 0 aromatic heterocycles. The van der Waals surface area contributed by atoms with Gasteiger partial charge < -0.3 is 0 Å². The topological polar surface area (TPSA) is 17.1 Å². The summed E-state index contributed by atoms with van der Waals surface area (Å²) in [5.41, 5.74) is 0.810. The van der Waals surface area contributed by atoms with Crippen LogP contribution in [0.25, 0.3) is 0 Å². The summed E-state index contributed by atoms with van der Waals surface area (Å²) in [5.74, 6) is 0.691. The molecule has 0 amide bonds. The van der Waals surface area contributed by atoms with E-state index in [4.69, 9.17) is 23.2 Å². The van der Waals surface area contributed by atoms with E-state index in [9.17, 15) is 4.79 Å². The van der Waals surface area contributed by atoms with Crippen LogP contribution < -0.4 is 0 Å². The third-order valence-electron chi connectivity index (χ3n) is 1.10. The molecule has 0 heterocycles. The zero-order chi connectivity index (χ0) is 9.78. The number of alkyl halides is 2. The fourth-order valence-corrected chi connectivity index (χ4v) is 2.02. The van der Waals surface area contributed by atoms with Crippen LogP contribution in [0.1, 0.15) is 20.3 Å². The van der Waals surface area contributed by atoms with Gasteiger partial charge in [-0.2, -0.15) is 0 Å². The molecule has 0 rings (SSSR count). The number of halogens is 2. The average molecular weight is 227 g/mol. The fraction of sp³-hybridized carbons (Fsp3) is 0.625. The maximum Gasteiger partial charge on any atom is 0.225 e. The van der Waals surface area contributed by atoms with E-state index in [1.807, 2.05) is 6.92 Å². The number of hydrogen-bond donors (Lipinski definition) is 0. The molecule has 12 heavy (non-hydrogen) atoms. The van der Waals surface area contributed by atoms with E-state index in [2.05, 4.69) is 6.58 Å². The molecule has 0 saturated heterocycles. The van der Waals surface area contributed by atoms with Crippen LogP contribution in [0.4, 0.5) is 0 Å². The second-order valence-corrected chi connectivity index (χ2v) is 5.28. The molecule has 0 unspecified atom stereocenters. The molecule has 70 valence electrons. The second kappa shape index (κ2) is 5.15. The average Bonchev–Trinajstić information content (AvgIpc) is 1.85. The smallest absolute Gasteiger partial charge is 0.225 e. The van der Waals surface area contributed by atoms with Gasteiger partial charge in [0.15, 0.2) is 4.33 Å². The van der Waals surface area contributed by atoms with Gasteiger partial charge in [-0.3, -0.25) is 4.79 Å².